The number of ketones is 1. The van der Waals surface area contributed by atoms with Crippen LogP contribution >= 0.6 is 0 Å². The van der Waals surface area contributed by atoms with Crippen molar-refractivity contribution in [2.75, 3.05) is 0 Å². The molecule has 1 heterocycles. The van der Waals surface area contributed by atoms with E-state index in [0.29, 0.717) is 11.8 Å². The molecule has 3 heteroatoms. The Kier molecular flexibility index (Phi) is 3.32. The van der Waals surface area contributed by atoms with Crippen LogP contribution in [-0.4, -0.2) is 17.9 Å². The summed E-state index contributed by atoms with van der Waals surface area (Å²) in [5.74, 6) is 0.511. The Bertz CT molecular complexity index is 220. The van der Waals surface area contributed by atoms with Crippen molar-refractivity contribution in [2.45, 2.75) is 53.1 Å². The molecule has 1 aliphatic rings. The van der Waals surface area contributed by atoms with Crippen molar-refractivity contribution in [3.05, 3.63) is 0 Å². The third-order valence-corrected chi connectivity index (χ3v) is 2.84. The second-order valence-electron chi connectivity index (χ2n) is 5.43. The molecule has 3 atom stereocenters. The van der Waals surface area contributed by atoms with E-state index < -0.39 is 0 Å². The summed E-state index contributed by atoms with van der Waals surface area (Å²) in [5, 5.41) is 0. The van der Waals surface area contributed by atoms with Gasteiger partial charge in [-0.05, 0) is 20.3 Å². The largest absolute Gasteiger partial charge is 0.299 e. The van der Waals surface area contributed by atoms with Crippen LogP contribution in [0.1, 0.15) is 41.0 Å². The molecular weight excluding hydrogens is 176 g/mol. The maximum Gasteiger partial charge on any atom is 0.142 e. The van der Waals surface area contributed by atoms with Crippen LogP contribution in [-0.2, 0) is 4.79 Å². The minimum atomic E-state index is -0.225. The van der Waals surface area contributed by atoms with E-state index in [2.05, 4.69) is 24.7 Å². The van der Waals surface area contributed by atoms with Gasteiger partial charge < -0.3 is 0 Å². The lowest BCUT2D eigenvalue weighted by Gasteiger charge is -2.36. The maximum atomic E-state index is 12.1. The highest BCUT2D eigenvalue weighted by atomic mass is 16.1. The first-order valence-corrected chi connectivity index (χ1v) is 5.37. The van der Waals surface area contributed by atoms with Crippen molar-refractivity contribution in [2.24, 2.45) is 11.3 Å². The molecule has 3 unspecified atom stereocenters. The van der Waals surface area contributed by atoms with E-state index in [9.17, 15) is 4.79 Å². The van der Waals surface area contributed by atoms with Crippen LogP contribution in [0.2, 0.25) is 0 Å². The van der Waals surface area contributed by atoms with E-state index in [-0.39, 0.29) is 17.4 Å². The lowest BCUT2D eigenvalue weighted by atomic mass is 9.77. The van der Waals surface area contributed by atoms with Gasteiger partial charge in [-0.3, -0.25) is 15.6 Å². The standard InChI is InChI=1S/C11H22N2O/c1-7-6-9(8(2)13-12-7)10(14)11(3,4)5/h7-9,12-13H,6H2,1-5H3. The van der Waals surface area contributed by atoms with Gasteiger partial charge in [0.25, 0.3) is 0 Å². The van der Waals surface area contributed by atoms with Crippen LogP contribution in [0.5, 0.6) is 0 Å². The lowest BCUT2D eigenvalue weighted by Crippen LogP contribution is -2.57. The van der Waals surface area contributed by atoms with Crippen LogP contribution in [0, 0.1) is 11.3 Å². The molecule has 0 aliphatic carbocycles. The van der Waals surface area contributed by atoms with Crippen LogP contribution in [0.3, 0.4) is 0 Å². The predicted molar refractivity (Wildman–Crippen MR) is 57.8 cm³/mol. The van der Waals surface area contributed by atoms with E-state index in [0.717, 1.165) is 6.42 Å². The minimum Gasteiger partial charge on any atom is -0.299 e. The Morgan fingerprint density at radius 3 is 2.29 bits per heavy atom. The van der Waals surface area contributed by atoms with Gasteiger partial charge in [-0.2, -0.15) is 0 Å². The molecule has 2 N–H and O–H groups in total. The minimum absolute atomic E-state index is 0.145. The first-order chi connectivity index (χ1) is 6.32. The number of Topliss-reactive ketones (excluding diaryl/α,β-unsaturated/α-hetero) is 1. The zero-order chi connectivity index (χ0) is 10.9. The molecule has 0 saturated carbocycles. The summed E-state index contributed by atoms with van der Waals surface area (Å²) in [6.07, 6.45) is 0.935. The van der Waals surface area contributed by atoms with Gasteiger partial charge in [-0.25, -0.2) is 0 Å². The number of carbonyl (C=O) groups excluding carboxylic acids is 1. The Labute approximate surface area is 86.6 Å². The van der Waals surface area contributed by atoms with Crippen molar-refractivity contribution in [3.8, 4) is 0 Å². The lowest BCUT2D eigenvalue weighted by molar-refractivity contribution is -0.132. The van der Waals surface area contributed by atoms with Gasteiger partial charge in [0.2, 0.25) is 0 Å². The summed E-state index contributed by atoms with van der Waals surface area (Å²) in [5.41, 5.74) is 6.11. The smallest absolute Gasteiger partial charge is 0.142 e. The third kappa shape index (κ3) is 2.55. The fourth-order valence-electron chi connectivity index (χ4n) is 1.91. The predicted octanol–water partition coefficient (Wildman–Crippen LogP) is 1.49. The van der Waals surface area contributed by atoms with E-state index in [1.807, 2.05) is 20.8 Å². The summed E-state index contributed by atoms with van der Waals surface area (Å²) in [6.45, 7) is 10.1. The summed E-state index contributed by atoms with van der Waals surface area (Å²) in [6, 6.07) is 0.612. The van der Waals surface area contributed by atoms with Gasteiger partial charge in [-0.1, -0.05) is 20.8 Å². The highest BCUT2D eigenvalue weighted by Crippen LogP contribution is 2.26. The number of rotatable bonds is 1. The molecule has 1 rings (SSSR count). The summed E-state index contributed by atoms with van der Waals surface area (Å²) < 4.78 is 0. The molecule has 0 bridgehead atoms. The highest BCUT2D eigenvalue weighted by molar-refractivity contribution is 5.86. The summed E-state index contributed by atoms with van der Waals surface area (Å²) in [7, 11) is 0. The average Bonchev–Trinajstić information content (AvgIpc) is 2.06. The Balaban J connectivity index is 2.70. The second kappa shape index (κ2) is 3.99. The zero-order valence-corrected chi connectivity index (χ0v) is 9.85. The molecule has 14 heavy (non-hydrogen) atoms. The second-order valence-corrected chi connectivity index (χ2v) is 5.43. The van der Waals surface area contributed by atoms with Crippen molar-refractivity contribution in [1.82, 2.24) is 10.9 Å². The van der Waals surface area contributed by atoms with Gasteiger partial charge in [0, 0.05) is 23.4 Å². The molecule has 1 fully saturated rings. The highest BCUT2D eigenvalue weighted by Gasteiger charge is 2.36. The van der Waals surface area contributed by atoms with Crippen LogP contribution in [0.25, 0.3) is 0 Å². The topological polar surface area (TPSA) is 41.1 Å². The fraction of sp³-hybridized carbons (Fsp3) is 0.909. The van der Waals surface area contributed by atoms with Crippen molar-refractivity contribution < 1.29 is 4.79 Å². The Morgan fingerprint density at radius 1 is 1.21 bits per heavy atom. The van der Waals surface area contributed by atoms with Crippen molar-refractivity contribution >= 4 is 5.78 Å². The maximum absolute atomic E-state index is 12.1. The summed E-state index contributed by atoms with van der Waals surface area (Å²) >= 11 is 0. The normalized spacial score (nSPS) is 34.2. The van der Waals surface area contributed by atoms with E-state index in [4.69, 9.17) is 0 Å². The van der Waals surface area contributed by atoms with Gasteiger partial charge in [-0.15, -0.1) is 0 Å². The molecule has 82 valence electrons. The molecule has 0 aromatic carbocycles. The fourth-order valence-corrected chi connectivity index (χ4v) is 1.91. The average molecular weight is 198 g/mol. The van der Waals surface area contributed by atoms with E-state index >= 15 is 0 Å². The number of hydrogen-bond acceptors (Lipinski definition) is 3. The van der Waals surface area contributed by atoms with Gasteiger partial charge in [0.05, 0.1) is 0 Å². The quantitative estimate of drug-likeness (QED) is 0.671. The van der Waals surface area contributed by atoms with Gasteiger partial charge in [0.1, 0.15) is 5.78 Å². The monoisotopic (exact) mass is 198 g/mol. The molecule has 3 nitrogen and oxygen atoms in total. The third-order valence-electron chi connectivity index (χ3n) is 2.84. The van der Waals surface area contributed by atoms with Crippen LogP contribution in [0.15, 0.2) is 0 Å². The molecule has 0 amide bonds. The molecule has 1 saturated heterocycles. The van der Waals surface area contributed by atoms with Crippen molar-refractivity contribution in [1.29, 1.82) is 0 Å². The van der Waals surface area contributed by atoms with Gasteiger partial charge >= 0.3 is 0 Å². The number of hydrazine groups is 1. The zero-order valence-electron chi connectivity index (χ0n) is 9.85. The molecule has 0 spiro atoms. The first-order valence-electron chi connectivity index (χ1n) is 5.37. The van der Waals surface area contributed by atoms with E-state index in [1.54, 1.807) is 0 Å². The number of hydrogen-bond donors (Lipinski definition) is 2. The number of nitrogens with one attached hydrogen (secondary N) is 2. The Hall–Kier alpha value is -0.410. The number of carbonyl (C=O) groups is 1. The van der Waals surface area contributed by atoms with Gasteiger partial charge in [0.15, 0.2) is 0 Å². The molecule has 0 aromatic rings. The van der Waals surface area contributed by atoms with E-state index in [1.165, 1.54) is 0 Å². The Morgan fingerprint density at radius 2 is 1.79 bits per heavy atom. The summed E-state index contributed by atoms with van der Waals surface area (Å²) in [4.78, 5) is 12.1. The van der Waals surface area contributed by atoms with Crippen molar-refractivity contribution in [3.63, 3.8) is 0 Å². The molecule has 0 radical (unpaired) electrons. The first kappa shape index (κ1) is 11.7. The molecule has 1 aliphatic heterocycles. The van der Waals surface area contributed by atoms with Crippen LogP contribution < -0.4 is 10.9 Å². The molecule has 0 aromatic heterocycles. The SMILES string of the molecule is CC1CC(C(=O)C(C)(C)C)C(C)NN1. The van der Waals surface area contributed by atoms with Crippen LogP contribution in [0.4, 0.5) is 0 Å². The molecular formula is C11H22N2O.